The number of rotatable bonds is 5. The second kappa shape index (κ2) is 8.61. The molecule has 2 aromatic carbocycles. The van der Waals surface area contributed by atoms with Gasteiger partial charge in [0.2, 0.25) is 5.91 Å². The molecule has 4 rings (SSSR count). The molecule has 0 radical (unpaired) electrons. The number of sulfone groups is 1. The van der Waals surface area contributed by atoms with Gasteiger partial charge in [-0.05, 0) is 30.2 Å². The molecule has 1 amide bonds. The highest BCUT2D eigenvalue weighted by molar-refractivity contribution is 8.16. The largest absolute Gasteiger partial charge is 0.495 e. The third-order valence-electron chi connectivity index (χ3n) is 5.17. The standard InChI is InChI=1S/C21H21ClN2O4S2/c1-28-18-9-8-15(11-16(18)22)24-17-12-30(26,27)13-19(17)29-21(24)23-20(25)10-7-14-5-3-2-4-6-14/h2-6,8-9,11,17,19H,7,10,12-13H2,1H3/t17-,19+/m0/s1. The summed E-state index contributed by atoms with van der Waals surface area (Å²) in [6.07, 6.45) is 0.898. The van der Waals surface area contributed by atoms with Crippen molar-refractivity contribution in [3.05, 3.63) is 59.1 Å². The highest BCUT2D eigenvalue weighted by Crippen LogP contribution is 2.42. The molecule has 2 atom stereocenters. The van der Waals surface area contributed by atoms with Crippen LogP contribution < -0.4 is 9.64 Å². The highest BCUT2D eigenvalue weighted by atomic mass is 35.5. The van der Waals surface area contributed by atoms with Crippen molar-refractivity contribution in [1.82, 2.24) is 0 Å². The average molecular weight is 465 g/mol. The number of fused-ring (bicyclic) bond motifs is 1. The number of benzene rings is 2. The number of hydrogen-bond acceptors (Lipinski definition) is 5. The maximum Gasteiger partial charge on any atom is 0.248 e. The topological polar surface area (TPSA) is 76.0 Å². The normalized spacial score (nSPS) is 23.5. The van der Waals surface area contributed by atoms with E-state index in [9.17, 15) is 13.2 Å². The van der Waals surface area contributed by atoms with Crippen molar-refractivity contribution in [3.63, 3.8) is 0 Å². The number of aliphatic imine (C=N–C) groups is 1. The van der Waals surface area contributed by atoms with E-state index in [1.165, 1.54) is 18.9 Å². The molecule has 0 unspecified atom stereocenters. The summed E-state index contributed by atoms with van der Waals surface area (Å²) in [5, 5.41) is 0.787. The first kappa shape index (κ1) is 21.2. The third-order valence-corrected chi connectivity index (χ3v) is 8.68. The molecule has 2 heterocycles. The van der Waals surface area contributed by atoms with Crippen LogP contribution >= 0.6 is 23.4 Å². The van der Waals surface area contributed by atoms with Crippen LogP contribution in [-0.4, -0.2) is 49.4 Å². The molecule has 0 spiro atoms. The molecule has 2 aromatic rings. The number of nitrogens with zero attached hydrogens (tertiary/aromatic N) is 2. The van der Waals surface area contributed by atoms with Crippen LogP contribution in [0.4, 0.5) is 5.69 Å². The van der Waals surface area contributed by atoms with E-state index in [1.54, 1.807) is 12.1 Å². The van der Waals surface area contributed by atoms with Gasteiger partial charge in [-0.15, -0.1) is 0 Å². The summed E-state index contributed by atoms with van der Waals surface area (Å²) < 4.78 is 29.6. The van der Waals surface area contributed by atoms with Crippen molar-refractivity contribution in [2.75, 3.05) is 23.5 Å². The molecule has 2 fully saturated rings. The van der Waals surface area contributed by atoms with Crippen LogP contribution in [0.1, 0.15) is 12.0 Å². The second-order valence-corrected chi connectivity index (χ2v) is 11.0. The van der Waals surface area contributed by atoms with E-state index >= 15 is 0 Å². The van der Waals surface area contributed by atoms with Crippen molar-refractivity contribution in [3.8, 4) is 5.75 Å². The number of amides is 1. The van der Waals surface area contributed by atoms with Crippen LogP contribution in [0.2, 0.25) is 5.02 Å². The maximum atomic E-state index is 12.6. The number of halogens is 1. The Morgan fingerprint density at radius 2 is 2.00 bits per heavy atom. The quantitative estimate of drug-likeness (QED) is 0.673. The van der Waals surface area contributed by atoms with Crippen LogP contribution in [0, 0.1) is 0 Å². The summed E-state index contributed by atoms with van der Waals surface area (Å²) in [5.41, 5.74) is 1.78. The highest BCUT2D eigenvalue weighted by Gasteiger charge is 2.49. The first-order valence-electron chi connectivity index (χ1n) is 9.51. The van der Waals surface area contributed by atoms with Crippen molar-refractivity contribution in [2.24, 2.45) is 4.99 Å². The smallest absolute Gasteiger partial charge is 0.248 e. The Morgan fingerprint density at radius 3 is 2.70 bits per heavy atom. The lowest BCUT2D eigenvalue weighted by atomic mass is 10.1. The molecule has 0 N–H and O–H groups in total. The van der Waals surface area contributed by atoms with E-state index in [0.717, 1.165) is 5.56 Å². The zero-order chi connectivity index (χ0) is 21.3. The van der Waals surface area contributed by atoms with Crippen LogP contribution in [0.3, 0.4) is 0 Å². The van der Waals surface area contributed by atoms with Gasteiger partial charge in [-0.3, -0.25) is 4.79 Å². The van der Waals surface area contributed by atoms with E-state index in [2.05, 4.69) is 4.99 Å². The number of anilines is 1. The molecule has 0 aromatic heterocycles. The Labute approximate surface area is 185 Å². The van der Waals surface area contributed by atoms with Gasteiger partial charge in [0.25, 0.3) is 0 Å². The van der Waals surface area contributed by atoms with Gasteiger partial charge in [0.15, 0.2) is 15.0 Å². The molecule has 2 aliphatic rings. The Hall–Kier alpha value is -2.03. The maximum absolute atomic E-state index is 12.6. The molecule has 0 bridgehead atoms. The van der Waals surface area contributed by atoms with Crippen LogP contribution in [0.15, 0.2) is 53.5 Å². The van der Waals surface area contributed by atoms with Crippen LogP contribution in [0.5, 0.6) is 5.75 Å². The fraction of sp³-hybridized carbons (Fsp3) is 0.333. The lowest BCUT2D eigenvalue weighted by Gasteiger charge is -2.25. The molecule has 2 saturated heterocycles. The first-order chi connectivity index (χ1) is 14.4. The van der Waals surface area contributed by atoms with Gasteiger partial charge in [0, 0.05) is 17.4 Å². The molecule has 30 heavy (non-hydrogen) atoms. The minimum absolute atomic E-state index is 0.0333. The minimum atomic E-state index is -3.13. The molecule has 6 nitrogen and oxygen atoms in total. The van der Waals surface area contributed by atoms with Gasteiger partial charge >= 0.3 is 0 Å². The van der Waals surface area contributed by atoms with Crippen molar-refractivity contribution in [2.45, 2.75) is 24.1 Å². The predicted octanol–water partition coefficient (Wildman–Crippen LogP) is 3.58. The summed E-state index contributed by atoms with van der Waals surface area (Å²) >= 11 is 7.65. The summed E-state index contributed by atoms with van der Waals surface area (Å²) in [6.45, 7) is 0. The Bertz CT molecular complexity index is 1090. The van der Waals surface area contributed by atoms with Gasteiger partial charge in [-0.25, -0.2) is 8.42 Å². The SMILES string of the molecule is COc1ccc(N2C(=NC(=O)CCc3ccccc3)S[C@@H]3CS(=O)(=O)C[C@@H]32)cc1Cl. The predicted molar refractivity (Wildman–Crippen MR) is 122 cm³/mol. The second-order valence-electron chi connectivity index (χ2n) is 7.26. The van der Waals surface area contributed by atoms with Crippen LogP contribution in [0.25, 0.3) is 0 Å². The van der Waals surface area contributed by atoms with Gasteiger partial charge in [0.05, 0.1) is 29.7 Å². The summed E-state index contributed by atoms with van der Waals surface area (Å²) in [5.74, 6) is 0.417. The van der Waals surface area contributed by atoms with Gasteiger partial charge in [-0.1, -0.05) is 53.7 Å². The fourth-order valence-corrected chi connectivity index (χ4v) is 7.91. The lowest BCUT2D eigenvalue weighted by molar-refractivity contribution is -0.117. The number of thioether (sulfide) groups is 1. The molecule has 158 valence electrons. The van der Waals surface area contributed by atoms with E-state index in [4.69, 9.17) is 16.3 Å². The zero-order valence-electron chi connectivity index (χ0n) is 16.3. The van der Waals surface area contributed by atoms with E-state index in [0.29, 0.717) is 34.5 Å². The summed E-state index contributed by atoms with van der Waals surface area (Å²) in [7, 11) is -1.60. The van der Waals surface area contributed by atoms with Crippen molar-refractivity contribution < 1.29 is 17.9 Å². The number of methoxy groups -OCH3 is 1. The fourth-order valence-electron chi connectivity index (χ4n) is 3.73. The minimum Gasteiger partial charge on any atom is -0.495 e. The Morgan fingerprint density at radius 1 is 1.23 bits per heavy atom. The number of hydrogen-bond donors (Lipinski definition) is 0. The van der Waals surface area contributed by atoms with E-state index < -0.39 is 9.84 Å². The van der Waals surface area contributed by atoms with E-state index in [-0.39, 0.29) is 28.7 Å². The van der Waals surface area contributed by atoms with Crippen molar-refractivity contribution >= 4 is 50.0 Å². The average Bonchev–Trinajstić information content (AvgIpc) is 3.17. The Kier molecular flexibility index (Phi) is 6.09. The molecule has 0 aliphatic carbocycles. The van der Waals surface area contributed by atoms with Crippen LogP contribution in [-0.2, 0) is 21.1 Å². The molecule has 0 saturated carbocycles. The lowest BCUT2D eigenvalue weighted by Crippen LogP contribution is -2.37. The van der Waals surface area contributed by atoms with E-state index in [1.807, 2.05) is 41.3 Å². The van der Waals surface area contributed by atoms with Gasteiger partial charge < -0.3 is 9.64 Å². The number of amidine groups is 1. The number of carbonyl (C=O) groups is 1. The molecule has 2 aliphatic heterocycles. The number of aryl methyl sites for hydroxylation is 1. The molecular weight excluding hydrogens is 444 g/mol. The number of carbonyl (C=O) groups excluding carboxylic acids is 1. The van der Waals surface area contributed by atoms with Gasteiger partial charge in [-0.2, -0.15) is 4.99 Å². The first-order valence-corrected chi connectivity index (χ1v) is 12.6. The Balaban J connectivity index is 1.60. The summed E-state index contributed by atoms with van der Waals surface area (Å²) in [4.78, 5) is 18.8. The molecular formula is C21H21ClN2O4S2. The van der Waals surface area contributed by atoms with Gasteiger partial charge in [0.1, 0.15) is 5.75 Å². The number of ether oxygens (including phenoxy) is 1. The monoisotopic (exact) mass is 464 g/mol. The third kappa shape index (κ3) is 4.50. The summed E-state index contributed by atoms with van der Waals surface area (Å²) in [6, 6.07) is 14.8. The van der Waals surface area contributed by atoms with Crippen molar-refractivity contribution in [1.29, 1.82) is 0 Å². The molecule has 9 heteroatoms. The zero-order valence-corrected chi connectivity index (χ0v) is 18.7.